The number of hydrogen-bond acceptors (Lipinski definition) is 9. The highest BCUT2D eigenvalue weighted by Crippen LogP contribution is 2.54. The summed E-state index contributed by atoms with van der Waals surface area (Å²) in [5, 5.41) is 50.3. The molecule has 168 valence electrons. The Balaban J connectivity index is 1.53. The van der Waals surface area contributed by atoms with E-state index in [1.807, 2.05) is 32.1 Å². The van der Waals surface area contributed by atoms with E-state index in [0.29, 0.717) is 6.42 Å². The molecule has 0 unspecified atom stereocenters. The number of esters is 1. The third-order valence-corrected chi connectivity index (χ3v) is 7.33. The molecule has 2 aliphatic heterocycles. The Bertz CT molecular complexity index is 734. The van der Waals surface area contributed by atoms with E-state index in [9.17, 15) is 30.3 Å². The van der Waals surface area contributed by atoms with E-state index < -0.39 is 54.9 Å². The molecule has 0 aromatic heterocycles. The number of carbonyl (C=O) groups excluding carboxylic acids is 1. The Morgan fingerprint density at radius 1 is 1.20 bits per heavy atom. The summed E-state index contributed by atoms with van der Waals surface area (Å²) in [4.78, 5) is 12.2. The van der Waals surface area contributed by atoms with Crippen LogP contribution in [0.2, 0.25) is 0 Å². The maximum absolute atomic E-state index is 12.2. The maximum atomic E-state index is 12.2. The van der Waals surface area contributed by atoms with Gasteiger partial charge >= 0.3 is 5.97 Å². The number of fused-ring (bicyclic) bond motifs is 3. The fourth-order valence-corrected chi connectivity index (χ4v) is 5.34. The van der Waals surface area contributed by atoms with Crippen molar-refractivity contribution in [1.82, 2.24) is 0 Å². The molecule has 9 nitrogen and oxygen atoms in total. The maximum Gasteiger partial charge on any atom is 0.309 e. The third-order valence-electron chi connectivity index (χ3n) is 7.33. The van der Waals surface area contributed by atoms with Crippen molar-refractivity contribution in [3.05, 3.63) is 23.8 Å². The van der Waals surface area contributed by atoms with E-state index in [4.69, 9.17) is 14.2 Å². The van der Waals surface area contributed by atoms with Gasteiger partial charge in [0.1, 0.15) is 30.5 Å². The molecule has 4 rings (SSSR count). The number of ether oxygens (including phenoxy) is 3. The predicted octanol–water partition coefficient (Wildman–Crippen LogP) is -1.14. The van der Waals surface area contributed by atoms with Crippen molar-refractivity contribution in [3.8, 4) is 0 Å². The minimum atomic E-state index is -1.52. The highest BCUT2D eigenvalue weighted by molar-refractivity contribution is 5.75. The molecule has 0 amide bonds. The van der Waals surface area contributed by atoms with Gasteiger partial charge in [0.05, 0.1) is 25.2 Å². The SMILES string of the molecule is C[C@@H]1C(=O)O[C@H]2[C@@H]1C[C@@H](O)[C@@]1(C)C=CC=C(CO[C@H]3O[C@@H](CO)[C@H](O)[C@@H](O)[C@@H]3O)[C@H]21. The summed E-state index contributed by atoms with van der Waals surface area (Å²) in [6.07, 6.45) is -1.80. The molecule has 1 saturated carbocycles. The van der Waals surface area contributed by atoms with Gasteiger partial charge < -0.3 is 39.7 Å². The van der Waals surface area contributed by atoms with Crippen molar-refractivity contribution >= 4 is 5.97 Å². The van der Waals surface area contributed by atoms with Gasteiger partial charge in [-0.05, 0) is 12.0 Å². The summed E-state index contributed by atoms with van der Waals surface area (Å²) in [7, 11) is 0. The Morgan fingerprint density at radius 2 is 1.93 bits per heavy atom. The second-order valence-corrected chi connectivity index (χ2v) is 9.06. The molecule has 0 radical (unpaired) electrons. The number of rotatable bonds is 4. The third kappa shape index (κ3) is 3.33. The molecule has 0 aromatic carbocycles. The van der Waals surface area contributed by atoms with E-state index >= 15 is 0 Å². The molecular weight excluding hydrogens is 396 g/mol. The molecular formula is C21H30O9. The zero-order valence-electron chi connectivity index (χ0n) is 17.0. The number of allylic oxidation sites excluding steroid dienone is 2. The minimum Gasteiger partial charge on any atom is -0.461 e. The lowest BCUT2D eigenvalue weighted by molar-refractivity contribution is -0.299. The van der Waals surface area contributed by atoms with Gasteiger partial charge in [-0.15, -0.1) is 0 Å². The van der Waals surface area contributed by atoms with Crippen LogP contribution < -0.4 is 0 Å². The Hall–Kier alpha value is -1.33. The molecule has 30 heavy (non-hydrogen) atoms. The van der Waals surface area contributed by atoms with Crippen LogP contribution in [0.25, 0.3) is 0 Å². The lowest BCUT2D eigenvalue weighted by Crippen LogP contribution is -2.59. The summed E-state index contributed by atoms with van der Waals surface area (Å²) in [5.41, 5.74) is 0.126. The summed E-state index contributed by atoms with van der Waals surface area (Å²) in [6, 6.07) is 0. The lowest BCUT2D eigenvalue weighted by atomic mass is 9.56. The summed E-state index contributed by atoms with van der Waals surface area (Å²) >= 11 is 0. The smallest absolute Gasteiger partial charge is 0.309 e. The molecule has 2 aliphatic carbocycles. The van der Waals surface area contributed by atoms with Crippen LogP contribution in [0, 0.1) is 23.2 Å². The van der Waals surface area contributed by atoms with Gasteiger partial charge in [-0.3, -0.25) is 4.79 Å². The van der Waals surface area contributed by atoms with E-state index in [1.165, 1.54) is 0 Å². The van der Waals surface area contributed by atoms with E-state index in [1.54, 1.807) is 0 Å². The van der Waals surface area contributed by atoms with Gasteiger partial charge in [0.25, 0.3) is 0 Å². The number of hydrogen-bond donors (Lipinski definition) is 5. The average molecular weight is 426 g/mol. The van der Waals surface area contributed by atoms with Crippen molar-refractivity contribution in [3.63, 3.8) is 0 Å². The van der Waals surface area contributed by atoms with E-state index in [-0.39, 0.29) is 30.3 Å². The molecule has 9 heteroatoms. The molecule has 2 saturated heterocycles. The Kier molecular flexibility index (Phi) is 5.82. The molecule has 0 aromatic rings. The average Bonchev–Trinajstić information content (AvgIpc) is 2.99. The first-order valence-electron chi connectivity index (χ1n) is 10.4. The first-order valence-corrected chi connectivity index (χ1v) is 10.4. The first-order chi connectivity index (χ1) is 14.2. The van der Waals surface area contributed by atoms with Gasteiger partial charge in [0, 0.05) is 17.3 Å². The molecule has 2 heterocycles. The van der Waals surface area contributed by atoms with Gasteiger partial charge in [0.15, 0.2) is 6.29 Å². The standard InChI is InChI=1S/C21H30O9/c1-9-11-6-13(23)21(2)5-3-4-10(14(21)18(11)30-19(9)27)8-28-20-17(26)16(25)15(24)12(7-22)29-20/h3-5,9,11-18,20,22-26H,6-8H2,1-2H3/t9-,11+,12-,13+,14+,15-,16+,17-,18-,20-,21+/m0/s1. The highest BCUT2D eigenvalue weighted by Gasteiger charge is 2.59. The molecule has 0 bridgehead atoms. The molecule has 11 atom stereocenters. The molecule has 4 aliphatic rings. The topological polar surface area (TPSA) is 146 Å². The minimum absolute atomic E-state index is 0.00480. The van der Waals surface area contributed by atoms with Crippen LogP contribution in [-0.2, 0) is 19.0 Å². The quantitative estimate of drug-likeness (QED) is 0.352. The van der Waals surface area contributed by atoms with Crippen molar-refractivity contribution in [2.24, 2.45) is 23.2 Å². The normalized spacial score (nSPS) is 50.5. The summed E-state index contributed by atoms with van der Waals surface area (Å²) in [6.45, 7) is 3.19. The van der Waals surface area contributed by atoms with Crippen molar-refractivity contribution in [1.29, 1.82) is 0 Å². The second kappa shape index (κ2) is 7.98. The van der Waals surface area contributed by atoms with Crippen LogP contribution >= 0.6 is 0 Å². The van der Waals surface area contributed by atoms with Gasteiger partial charge in [0.2, 0.25) is 0 Å². The number of aliphatic hydroxyl groups excluding tert-OH is 5. The van der Waals surface area contributed by atoms with Crippen LogP contribution in [0.3, 0.4) is 0 Å². The fourth-order valence-electron chi connectivity index (χ4n) is 5.34. The second-order valence-electron chi connectivity index (χ2n) is 9.06. The Morgan fingerprint density at radius 3 is 2.63 bits per heavy atom. The summed E-state index contributed by atoms with van der Waals surface area (Å²) < 4.78 is 16.9. The molecule has 5 N–H and O–H groups in total. The first kappa shape index (κ1) is 21.9. The zero-order valence-corrected chi connectivity index (χ0v) is 17.0. The van der Waals surface area contributed by atoms with Crippen LogP contribution in [0.4, 0.5) is 0 Å². The Labute approximate surface area is 174 Å². The molecule has 3 fully saturated rings. The van der Waals surface area contributed by atoms with Crippen molar-refractivity contribution < 1.29 is 44.5 Å². The van der Waals surface area contributed by atoms with Crippen molar-refractivity contribution in [2.75, 3.05) is 13.2 Å². The van der Waals surface area contributed by atoms with E-state index in [0.717, 1.165) is 5.57 Å². The molecule has 0 spiro atoms. The highest BCUT2D eigenvalue weighted by atomic mass is 16.7. The van der Waals surface area contributed by atoms with Crippen LogP contribution in [0.5, 0.6) is 0 Å². The predicted molar refractivity (Wildman–Crippen MR) is 102 cm³/mol. The monoisotopic (exact) mass is 426 g/mol. The van der Waals surface area contributed by atoms with Gasteiger partial charge in [-0.25, -0.2) is 0 Å². The van der Waals surface area contributed by atoms with Gasteiger partial charge in [-0.2, -0.15) is 0 Å². The summed E-state index contributed by atoms with van der Waals surface area (Å²) in [5.74, 6) is -0.985. The van der Waals surface area contributed by atoms with E-state index in [2.05, 4.69) is 0 Å². The van der Waals surface area contributed by atoms with Gasteiger partial charge in [-0.1, -0.05) is 32.1 Å². The van der Waals surface area contributed by atoms with Crippen LogP contribution in [0.15, 0.2) is 23.8 Å². The van der Waals surface area contributed by atoms with Crippen LogP contribution in [0.1, 0.15) is 20.3 Å². The van der Waals surface area contributed by atoms with Crippen LogP contribution in [-0.4, -0.2) is 87.6 Å². The number of carbonyl (C=O) groups is 1. The fraction of sp³-hybridized carbons (Fsp3) is 0.762. The number of aliphatic hydroxyl groups is 5. The lowest BCUT2D eigenvalue weighted by Gasteiger charge is -2.50. The largest absolute Gasteiger partial charge is 0.461 e. The zero-order chi connectivity index (χ0) is 21.8. The van der Waals surface area contributed by atoms with Crippen molar-refractivity contribution in [2.45, 2.75) is 63.2 Å².